The maximum Gasteiger partial charge on any atom is 0.306 e. The highest BCUT2D eigenvalue weighted by Crippen LogP contribution is 2.15. The predicted octanol–water partition coefficient (Wildman–Crippen LogP) is 16.3. The Hall–Kier alpha value is -2.63. The van der Waals surface area contributed by atoms with E-state index in [-0.39, 0.29) is 31.1 Å². The summed E-state index contributed by atoms with van der Waals surface area (Å²) in [6.45, 7) is 6.49. The average molecular weight is 827 g/mol. The lowest BCUT2D eigenvalue weighted by Crippen LogP contribution is -2.30. The first-order chi connectivity index (χ1) is 29.0. The van der Waals surface area contributed by atoms with Crippen LogP contribution in [0.25, 0.3) is 0 Å². The minimum absolute atomic E-state index is 0.0795. The van der Waals surface area contributed by atoms with Gasteiger partial charge < -0.3 is 14.2 Å². The monoisotopic (exact) mass is 827 g/mol. The van der Waals surface area contributed by atoms with Crippen molar-refractivity contribution in [1.82, 2.24) is 0 Å². The first-order valence-electron chi connectivity index (χ1n) is 25.1. The van der Waals surface area contributed by atoms with Crippen molar-refractivity contribution >= 4 is 17.9 Å². The molecule has 6 heteroatoms. The molecule has 0 heterocycles. The molecule has 342 valence electrons. The van der Waals surface area contributed by atoms with Crippen LogP contribution in [0.2, 0.25) is 0 Å². The molecule has 1 atom stereocenters. The molecule has 59 heavy (non-hydrogen) atoms. The third-order valence-electron chi connectivity index (χ3n) is 10.8. The molecular weight excluding hydrogens is 733 g/mol. The summed E-state index contributed by atoms with van der Waals surface area (Å²) in [4.78, 5) is 37.9. The first kappa shape index (κ1) is 56.4. The van der Waals surface area contributed by atoms with Gasteiger partial charge in [0.15, 0.2) is 6.10 Å². The molecule has 1 unspecified atom stereocenters. The molecule has 0 fully saturated rings. The van der Waals surface area contributed by atoms with Gasteiger partial charge in [-0.15, -0.1) is 0 Å². The average Bonchev–Trinajstić information content (AvgIpc) is 3.23. The topological polar surface area (TPSA) is 78.9 Å². The van der Waals surface area contributed by atoms with Gasteiger partial charge in [0.25, 0.3) is 0 Å². The summed E-state index contributed by atoms with van der Waals surface area (Å²) in [5, 5.41) is 0. The molecule has 0 bridgehead atoms. The zero-order chi connectivity index (χ0) is 43.0. The third kappa shape index (κ3) is 46.3. The molecular formula is C53H94O6. The molecule has 0 aromatic carbocycles. The fraction of sp³-hybridized carbons (Fsp3) is 0.792. The Bertz CT molecular complexity index is 1040. The Kier molecular flexibility index (Phi) is 45.9. The van der Waals surface area contributed by atoms with Crippen LogP contribution in [-0.2, 0) is 28.6 Å². The summed E-state index contributed by atoms with van der Waals surface area (Å²) in [6, 6.07) is 0. The van der Waals surface area contributed by atoms with E-state index >= 15 is 0 Å². The van der Waals surface area contributed by atoms with Crippen molar-refractivity contribution in [2.45, 2.75) is 258 Å². The minimum Gasteiger partial charge on any atom is -0.462 e. The van der Waals surface area contributed by atoms with Crippen molar-refractivity contribution in [2.75, 3.05) is 13.2 Å². The smallest absolute Gasteiger partial charge is 0.306 e. The van der Waals surface area contributed by atoms with E-state index in [2.05, 4.69) is 69.4 Å². The molecule has 0 aliphatic carbocycles. The van der Waals surface area contributed by atoms with Gasteiger partial charge in [-0.25, -0.2) is 0 Å². The normalized spacial score (nSPS) is 12.4. The molecule has 0 rings (SSSR count). The summed E-state index contributed by atoms with van der Waals surface area (Å²) in [5.41, 5.74) is 0. The Morgan fingerprint density at radius 3 is 1.05 bits per heavy atom. The third-order valence-corrected chi connectivity index (χ3v) is 10.8. The van der Waals surface area contributed by atoms with Gasteiger partial charge >= 0.3 is 17.9 Å². The van der Waals surface area contributed by atoms with Gasteiger partial charge in [0, 0.05) is 19.3 Å². The predicted molar refractivity (Wildman–Crippen MR) is 252 cm³/mol. The first-order valence-corrected chi connectivity index (χ1v) is 25.1. The SMILES string of the molecule is CC/C=C\C/C=C\CCCCCCCC(=O)OC(COC(=O)CCCCCCCCC/C=C\C/C=C\CCCCC)COC(=O)CCCCCCCCCCCCCC. The largest absolute Gasteiger partial charge is 0.462 e. The van der Waals surface area contributed by atoms with Crippen molar-refractivity contribution in [3.63, 3.8) is 0 Å². The second-order valence-electron chi connectivity index (χ2n) is 16.7. The number of unbranched alkanes of at least 4 members (excludes halogenated alkanes) is 26. The number of ether oxygens (including phenoxy) is 3. The molecule has 0 saturated heterocycles. The van der Waals surface area contributed by atoms with Crippen LogP contribution in [0.4, 0.5) is 0 Å². The van der Waals surface area contributed by atoms with Crippen LogP contribution in [0.3, 0.4) is 0 Å². The van der Waals surface area contributed by atoms with E-state index in [1.54, 1.807) is 0 Å². The fourth-order valence-electron chi connectivity index (χ4n) is 7.04. The Morgan fingerprint density at radius 2 is 0.661 bits per heavy atom. The van der Waals surface area contributed by atoms with Crippen molar-refractivity contribution < 1.29 is 28.6 Å². The van der Waals surface area contributed by atoms with E-state index < -0.39 is 6.10 Å². The van der Waals surface area contributed by atoms with Crippen LogP contribution in [0.5, 0.6) is 0 Å². The quantitative estimate of drug-likeness (QED) is 0.0263. The van der Waals surface area contributed by atoms with Gasteiger partial charge in [-0.05, 0) is 77.0 Å². The second kappa shape index (κ2) is 48.0. The summed E-state index contributed by atoms with van der Waals surface area (Å²) >= 11 is 0. The molecule has 0 aliphatic rings. The van der Waals surface area contributed by atoms with Gasteiger partial charge in [0.2, 0.25) is 0 Å². The lowest BCUT2D eigenvalue weighted by atomic mass is 10.0. The van der Waals surface area contributed by atoms with Crippen LogP contribution in [0.1, 0.15) is 252 Å². The van der Waals surface area contributed by atoms with Crippen molar-refractivity contribution in [3.05, 3.63) is 48.6 Å². The maximum atomic E-state index is 12.7. The summed E-state index contributed by atoms with van der Waals surface area (Å²) in [6.07, 6.45) is 56.6. The lowest BCUT2D eigenvalue weighted by molar-refractivity contribution is -0.167. The van der Waals surface area contributed by atoms with Crippen molar-refractivity contribution in [3.8, 4) is 0 Å². The minimum atomic E-state index is -0.779. The standard InChI is InChI=1S/C53H94O6/c1-4-7-10-13-16-19-22-25-26-27-28-29-32-34-37-40-43-46-52(55)58-49-50(59-53(56)47-44-41-38-35-31-24-21-18-15-12-9-6-3)48-57-51(54)45-42-39-36-33-30-23-20-17-14-11-8-5-2/h9,12,16,18-19,21,25-26,50H,4-8,10-11,13-15,17,20,22-24,27-49H2,1-3H3/b12-9-,19-16-,21-18-,26-25-. The molecule has 0 spiro atoms. The second-order valence-corrected chi connectivity index (χ2v) is 16.7. The molecule has 0 radical (unpaired) electrons. The molecule has 0 amide bonds. The number of rotatable bonds is 45. The van der Waals surface area contributed by atoms with Crippen LogP contribution in [0.15, 0.2) is 48.6 Å². The summed E-state index contributed by atoms with van der Waals surface area (Å²) in [7, 11) is 0. The summed E-state index contributed by atoms with van der Waals surface area (Å²) < 4.78 is 16.8. The molecule has 0 aliphatic heterocycles. The number of carbonyl (C=O) groups excluding carboxylic acids is 3. The number of carbonyl (C=O) groups is 3. The number of hydrogen-bond acceptors (Lipinski definition) is 6. The van der Waals surface area contributed by atoms with Crippen LogP contribution in [0, 0.1) is 0 Å². The number of hydrogen-bond donors (Lipinski definition) is 0. The Morgan fingerprint density at radius 1 is 0.356 bits per heavy atom. The van der Waals surface area contributed by atoms with E-state index in [1.807, 2.05) is 0 Å². The van der Waals surface area contributed by atoms with E-state index in [1.165, 1.54) is 109 Å². The highest BCUT2D eigenvalue weighted by molar-refractivity contribution is 5.71. The highest BCUT2D eigenvalue weighted by atomic mass is 16.6. The molecule has 0 saturated carbocycles. The van der Waals surface area contributed by atoms with Gasteiger partial charge in [-0.1, -0.05) is 204 Å². The van der Waals surface area contributed by atoms with E-state index in [9.17, 15) is 14.4 Å². The van der Waals surface area contributed by atoms with Crippen molar-refractivity contribution in [2.24, 2.45) is 0 Å². The van der Waals surface area contributed by atoms with Crippen LogP contribution >= 0.6 is 0 Å². The molecule has 0 N–H and O–H groups in total. The maximum absolute atomic E-state index is 12.7. The van der Waals surface area contributed by atoms with E-state index in [0.717, 1.165) is 103 Å². The van der Waals surface area contributed by atoms with Crippen LogP contribution < -0.4 is 0 Å². The summed E-state index contributed by atoms with van der Waals surface area (Å²) in [5.74, 6) is -0.898. The zero-order valence-electron chi connectivity index (χ0n) is 39.0. The van der Waals surface area contributed by atoms with Gasteiger partial charge in [0.05, 0.1) is 0 Å². The highest BCUT2D eigenvalue weighted by Gasteiger charge is 2.19. The van der Waals surface area contributed by atoms with E-state index in [0.29, 0.717) is 19.3 Å². The lowest BCUT2D eigenvalue weighted by Gasteiger charge is -2.18. The molecule has 0 aromatic rings. The molecule has 6 nitrogen and oxygen atoms in total. The van der Waals surface area contributed by atoms with Gasteiger partial charge in [0.1, 0.15) is 13.2 Å². The number of esters is 3. The number of allylic oxidation sites excluding steroid dienone is 8. The Labute approximate surface area is 365 Å². The van der Waals surface area contributed by atoms with Crippen molar-refractivity contribution in [1.29, 1.82) is 0 Å². The fourth-order valence-corrected chi connectivity index (χ4v) is 7.04. The van der Waals surface area contributed by atoms with Gasteiger partial charge in [-0.3, -0.25) is 14.4 Å². The van der Waals surface area contributed by atoms with Crippen LogP contribution in [-0.4, -0.2) is 37.2 Å². The van der Waals surface area contributed by atoms with E-state index in [4.69, 9.17) is 14.2 Å². The zero-order valence-corrected chi connectivity index (χ0v) is 39.0. The molecule has 0 aromatic heterocycles. The Balaban J connectivity index is 4.36. The van der Waals surface area contributed by atoms with Gasteiger partial charge in [-0.2, -0.15) is 0 Å².